The first-order valence-electron chi connectivity index (χ1n) is 9.51. The van der Waals surface area contributed by atoms with Crippen LogP contribution in [0.25, 0.3) is 0 Å². The fraction of sp³-hybridized carbons (Fsp3) is 0.579. The number of guanidine groups is 1. The molecule has 1 aromatic carbocycles. The van der Waals surface area contributed by atoms with Crippen LogP contribution >= 0.6 is 0 Å². The number of fused-ring (bicyclic) bond motifs is 1. The highest BCUT2D eigenvalue weighted by atomic mass is 32.2. The van der Waals surface area contributed by atoms with Gasteiger partial charge in [0.1, 0.15) is 22.3 Å². The van der Waals surface area contributed by atoms with Crippen LogP contribution in [0.3, 0.4) is 0 Å². The number of sulfonamides is 1. The first-order chi connectivity index (χ1) is 13.3. The van der Waals surface area contributed by atoms with Crippen molar-refractivity contribution in [1.29, 1.82) is 0 Å². The van der Waals surface area contributed by atoms with Gasteiger partial charge in [-0.3, -0.25) is 10.7 Å². The van der Waals surface area contributed by atoms with Gasteiger partial charge in [0.2, 0.25) is 0 Å². The Morgan fingerprint density at radius 3 is 2.52 bits per heavy atom. The zero-order chi connectivity index (χ0) is 22.1. The summed E-state index contributed by atoms with van der Waals surface area (Å²) in [6.45, 7) is 9.63. The third-order valence-electron chi connectivity index (χ3n) is 5.18. The monoisotopic (exact) mass is 427 g/mol. The molecule has 162 valence electrons. The summed E-state index contributed by atoms with van der Waals surface area (Å²) in [6, 6.07) is -0.819. The number of quaternary nitrogens is 1. The maximum atomic E-state index is 13.0. The van der Waals surface area contributed by atoms with Gasteiger partial charge < -0.3 is 20.4 Å². The summed E-state index contributed by atoms with van der Waals surface area (Å²) in [7, 11) is -3.92. The first kappa shape index (κ1) is 23.0. The predicted molar refractivity (Wildman–Crippen MR) is 105 cm³/mol. The molecule has 0 radical (unpaired) electrons. The molecular formula is C19H31N4O5S+. The fourth-order valence-electron chi connectivity index (χ4n) is 3.57. The number of ether oxygens (including phenoxy) is 1. The normalized spacial score (nSPS) is 16.8. The Labute approximate surface area is 171 Å². The van der Waals surface area contributed by atoms with Crippen LogP contribution in [-0.4, -0.2) is 38.5 Å². The van der Waals surface area contributed by atoms with Crippen molar-refractivity contribution >= 4 is 22.0 Å². The van der Waals surface area contributed by atoms with Crippen molar-refractivity contribution in [2.45, 2.75) is 70.4 Å². The molecule has 0 saturated heterocycles. The molecule has 1 atom stereocenters. The number of carbonyl (C=O) groups excluding carboxylic acids is 1. The molecule has 0 fully saturated rings. The van der Waals surface area contributed by atoms with E-state index >= 15 is 0 Å². The quantitative estimate of drug-likeness (QED) is 0.208. The maximum absolute atomic E-state index is 13.0. The number of carboxylic acid groups (broad SMARTS) is 1. The standard InChI is InChI=1S/C19H30N4O5S/c1-10-11(2)16(12(3)13-9-19(4,5)28-15(10)13)29(26,27)23-18(21)22-8-6-7-14(20)17(24)25/h14H,6-9,20H2,1-5H3,(H,24,25)(H3,21,22,23)/p+1/t14-/m0/s1. The molecule has 7 N–H and O–H groups in total. The van der Waals surface area contributed by atoms with Crippen LogP contribution in [0.15, 0.2) is 4.90 Å². The van der Waals surface area contributed by atoms with Gasteiger partial charge in [0.15, 0.2) is 0 Å². The minimum Gasteiger partial charge on any atom is -0.544 e. The number of rotatable bonds is 7. The molecule has 0 saturated carbocycles. The Balaban J connectivity index is 2.23. The summed E-state index contributed by atoms with van der Waals surface area (Å²) in [5.74, 6) is -0.574. The first-order valence-corrected chi connectivity index (χ1v) is 11.0. The SMILES string of the molecule is Cc1c(C)c(S(=O)(=O)NC(N)=[NH+]CCC[C@H]([NH3+])C(=O)[O-])c(C)c2c1OC(C)(C)C2. The van der Waals surface area contributed by atoms with Crippen molar-refractivity contribution in [3.05, 3.63) is 22.3 Å². The lowest BCUT2D eigenvalue weighted by molar-refractivity contribution is -0.467. The molecule has 9 nitrogen and oxygen atoms in total. The summed E-state index contributed by atoms with van der Waals surface area (Å²) in [6.07, 6.45) is 1.38. The van der Waals surface area contributed by atoms with Crippen molar-refractivity contribution in [3.8, 4) is 5.75 Å². The number of hydrogen-bond acceptors (Lipinski definition) is 5. The molecule has 0 unspecified atom stereocenters. The largest absolute Gasteiger partial charge is 0.544 e. The van der Waals surface area contributed by atoms with Gasteiger partial charge in [-0.05, 0) is 57.7 Å². The highest BCUT2D eigenvalue weighted by Crippen LogP contribution is 2.43. The van der Waals surface area contributed by atoms with Gasteiger partial charge in [0.25, 0.3) is 0 Å². The van der Waals surface area contributed by atoms with Crippen molar-refractivity contribution in [2.75, 3.05) is 6.54 Å². The van der Waals surface area contributed by atoms with E-state index in [9.17, 15) is 18.3 Å². The van der Waals surface area contributed by atoms with E-state index in [0.29, 0.717) is 36.9 Å². The minimum absolute atomic E-state index is 0.118. The summed E-state index contributed by atoms with van der Waals surface area (Å²) >= 11 is 0. The molecule has 0 aromatic heterocycles. The van der Waals surface area contributed by atoms with Gasteiger partial charge in [-0.15, -0.1) is 0 Å². The van der Waals surface area contributed by atoms with Crippen LogP contribution in [0.1, 0.15) is 48.9 Å². The van der Waals surface area contributed by atoms with Crippen LogP contribution in [0.4, 0.5) is 0 Å². The van der Waals surface area contributed by atoms with Crippen LogP contribution < -0.4 is 31.0 Å². The molecule has 0 spiro atoms. The summed E-state index contributed by atoms with van der Waals surface area (Å²) < 4.78 is 34.5. The highest BCUT2D eigenvalue weighted by Gasteiger charge is 2.37. The highest BCUT2D eigenvalue weighted by molar-refractivity contribution is 7.90. The van der Waals surface area contributed by atoms with Gasteiger partial charge in [0, 0.05) is 18.4 Å². The molecule has 0 aliphatic carbocycles. The average molecular weight is 428 g/mol. The Morgan fingerprint density at radius 1 is 1.31 bits per heavy atom. The molecule has 1 aliphatic rings. The number of hydrogen-bond donors (Lipinski definition) is 4. The molecular weight excluding hydrogens is 396 g/mol. The van der Waals surface area contributed by atoms with Crippen molar-refractivity contribution in [2.24, 2.45) is 5.73 Å². The maximum Gasteiger partial charge on any atom is 0.356 e. The van der Waals surface area contributed by atoms with Crippen molar-refractivity contribution < 1.29 is 33.8 Å². The van der Waals surface area contributed by atoms with E-state index in [2.05, 4.69) is 15.4 Å². The molecule has 2 rings (SSSR count). The molecule has 29 heavy (non-hydrogen) atoms. The van der Waals surface area contributed by atoms with E-state index in [1.807, 2.05) is 20.8 Å². The summed E-state index contributed by atoms with van der Waals surface area (Å²) in [5, 5.41) is 10.7. The molecule has 0 amide bonds. The fourth-order valence-corrected chi connectivity index (χ4v) is 5.12. The lowest BCUT2D eigenvalue weighted by Gasteiger charge is -2.18. The summed E-state index contributed by atoms with van der Waals surface area (Å²) in [4.78, 5) is 13.6. The smallest absolute Gasteiger partial charge is 0.356 e. The number of nitrogens with one attached hydrogen (secondary N) is 2. The zero-order valence-electron chi connectivity index (χ0n) is 17.6. The van der Waals surface area contributed by atoms with Gasteiger partial charge >= 0.3 is 16.0 Å². The topological polar surface area (TPSA) is 163 Å². The number of carboxylic acids is 1. The summed E-state index contributed by atoms with van der Waals surface area (Å²) in [5.41, 5.74) is 11.9. The second-order valence-corrected chi connectivity index (χ2v) is 9.77. The van der Waals surface area contributed by atoms with Crippen molar-refractivity contribution in [3.63, 3.8) is 0 Å². The van der Waals surface area contributed by atoms with E-state index in [0.717, 1.165) is 16.9 Å². The lowest BCUT2D eigenvalue weighted by Crippen LogP contribution is -2.79. The molecule has 1 aromatic rings. The van der Waals surface area contributed by atoms with E-state index < -0.39 is 22.0 Å². The van der Waals surface area contributed by atoms with Crippen molar-refractivity contribution in [1.82, 2.24) is 4.72 Å². The Hall–Kier alpha value is -2.33. The molecule has 0 bridgehead atoms. The Bertz CT molecular complexity index is 954. The molecule has 10 heteroatoms. The van der Waals surface area contributed by atoms with E-state index in [-0.39, 0.29) is 16.5 Å². The Kier molecular flexibility index (Phi) is 6.48. The van der Waals surface area contributed by atoms with E-state index in [1.165, 1.54) is 0 Å². The van der Waals surface area contributed by atoms with E-state index in [1.54, 1.807) is 13.8 Å². The third-order valence-corrected chi connectivity index (χ3v) is 6.82. The lowest BCUT2D eigenvalue weighted by atomic mass is 9.94. The molecule has 1 heterocycles. The second-order valence-electron chi connectivity index (χ2n) is 8.15. The second kappa shape index (κ2) is 8.19. The number of benzene rings is 1. The van der Waals surface area contributed by atoms with E-state index in [4.69, 9.17) is 10.5 Å². The van der Waals surface area contributed by atoms with Gasteiger partial charge in [0.05, 0.1) is 12.5 Å². The van der Waals surface area contributed by atoms with Gasteiger partial charge in [-0.25, -0.2) is 0 Å². The van der Waals surface area contributed by atoms with Crippen LogP contribution in [0, 0.1) is 20.8 Å². The molecule has 1 aliphatic heterocycles. The van der Waals surface area contributed by atoms with Crippen LogP contribution in [0.2, 0.25) is 0 Å². The predicted octanol–water partition coefficient (Wildman–Crippen LogP) is -2.86. The van der Waals surface area contributed by atoms with Gasteiger partial charge in [-0.2, -0.15) is 13.1 Å². The number of nitrogens with two attached hydrogens (primary N) is 1. The minimum atomic E-state index is -3.92. The van der Waals surface area contributed by atoms with Crippen LogP contribution in [-0.2, 0) is 21.2 Å². The van der Waals surface area contributed by atoms with Crippen LogP contribution in [0.5, 0.6) is 5.75 Å². The Morgan fingerprint density at radius 2 is 1.93 bits per heavy atom. The zero-order valence-corrected chi connectivity index (χ0v) is 18.5. The third kappa shape index (κ3) is 4.99. The average Bonchev–Trinajstić information content (AvgIpc) is 2.92. The number of carbonyl (C=O) groups is 1. The number of aliphatic carboxylic acids is 1. The van der Waals surface area contributed by atoms with Gasteiger partial charge in [-0.1, -0.05) is 0 Å².